The van der Waals surface area contributed by atoms with E-state index in [1.807, 2.05) is 0 Å². The third-order valence-corrected chi connectivity index (χ3v) is 3.57. The van der Waals surface area contributed by atoms with Crippen LogP contribution in [0.1, 0.15) is 11.1 Å². The van der Waals surface area contributed by atoms with Crippen LogP contribution < -0.4 is 4.74 Å². The van der Waals surface area contributed by atoms with Crippen LogP contribution in [0.4, 0.5) is 26.3 Å². The monoisotopic (exact) mass is 398 g/mol. The van der Waals surface area contributed by atoms with Gasteiger partial charge in [0, 0.05) is 5.33 Å². The molecule has 0 aliphatic heterocycles. The Labute approximate surface area is 136 Å². The minimum atomic E-state index is -4.82. The molecule has 2 aromatic rings. The lowest BCUT2D eigenvalue weighted by molar-refractivity contribution is -0.274. The molecule has 0 atom stereocenters. The van der Waals surface area contributed by atoms with Gasteiger partial charge in [-0.1, -0.05) is 40.2 Å². The Bertz CT molecular complexity index is 676. The SMILES string of the molecule is FC(F)(F)Oc1ccc(-c2cccc(C(F)(F)F)c2CBr)cc1. The molecule has 0 N–H and O–H groups in total. The molecule has 0 spiro atoms. The maximum absolute atomic E-state index is 13.0. The maximum atomic E-state index is 13.0. The first-order valence-electron chi connectivity index (χ1n) is 6.23. The maximum Gasteiger partial charge on any atom is 0.573 e. The molecule has 0 saturated carbocycles. The summed E-state index contributed by atoms with van der Waals surface area (Å²) in [6, 6.07) is 8.37. The van der Waals surface area contributed by atoms with E-state index in [2.05, 4.69) is 20.7 Å². The van der Waals surface area contributed by atoms with Crippen molar-refractivity contribution in [1.82, 2.24) is 0 Å². The van der Waals surface area contributed by atoms with Crippen LogP contribution >= 0.6 is 15.9 Å². The summed E-state index contributed by atoms with van der Waals surface area (Å²) in [6.07, 6.45) is -9.34. The Morgan fingerprint density at radius 3 is 1.96 bits per heavy atom. The van der Waals surface area contributed by atoms with Gasteiger partial charge in [-0.15, -0.1) is 13.2 Å². The number of ether oxygens (including phenoxy) is 1. The highest BCUT2D eigenvalue weighted by molar-refractivity contribution is 9.08. The van der Waals surface area contributed by atoms with E-state index < -0.39 is 23.9 Å². The van der Waals surface area contributed by atoms with Crippen molar-refractivity contribution in [2.24, 2.45) is 0 Å². The quantitative estimate of drug-likeness (QED) is 0.444. The Hall–Kier alpha value is -1.70. The van der Waals surface area contributed by atoms with Gasteiger partial charge < -0.3 is 4.74 Å². The van der Waals surface area contributed by atoms with Crippen molar-refractivity contribution in [2.75, 3.05) is 0 Å². The number of rotatable bonds is 3. The van der Waals surface area contributed by atoms with Gasteiger partial charge in [0.05, 0.1) is 5.56 Å². The highest BCUT2D eigenvalue weighted by Gasteiger charge is 2.34. The van der Waals surface area contributed by atoms with Crippen LogP contribution in [-0.2, 0) is 11.5 Å². The fraction of sp³-hybridized carbons (Fsp3) is 0.200. The fourth-order valence-corrected chi connectivity index (χ4v) is 2.71. The van der Waals surface area contributed by atoms with E-state index in [1.165, 1.54) is 24.3 Å². The molecule has 0 aliphatic carbocycles. The largest absolute Gasteiger partial charge is 0.573 e. The summed E-state index contributed by atoms with van der Waals surface area (Å²) in [6.45, 7) is 0. The second-order valence-corrected chi connectivity index (χ2v) is 5.10. The van der Waals surface area contributed by atoms with Gasteiger partial charge in [-0.25, -0.2) is 0 Å². The first-order chi connectivity index (χ1) is 10.6. The highest BCUT2D eigenvalue weighted by Crippen LogP contribution is 2.38. The van der Waals surface area contributed by atoms with Gasteiger partial charge in [0.1, 0.15) is 5.75 Å². The lowest BCUT2D eigenvalue weighted by Gasteiger charge is -2.16. The molecule has 0 amide bonds. The Morgan fingerprint density at radius 1 is 0.870 bits per heavy atom. The second-order valence-electron chi connectivity index (χ2n) is 4.54. The zero-order valence-corrected chi connectivity index (χ0v) is 12.9. The van der Waals surface area contributed by atoms with Crippen molar-refractivity contribution in [1.29, 1.82) is 0 Å². The summed E-state index contributed by atoms with van der Waals surface area (Å²) in [5, 5.41) is -0.0428. The lowest BCUT2D eigenvalue weighted by Crippen LogP contribution is -2.16. The summed E-state index contributed by atoms with van der Waals surface area (Å²) >= 11 is 3.03. The predicted octanol–water partition coefficient (Wildman–Crippen LogP) is 6.17. The molecule has 0 heterocycles. The molecule has 2 aromatic carbocycles. The summed E-state index contributed by atoms with van der Waals surface area (Å²) in [7, 11) is 0. The van der Waals surface area contributed by atoms with Gasteiger partial charge in [-0.2, -0.15) is 13.2 Å². The Morgan fingerprint density at radius 2 is 1.48 bits per heavy atom. The molecule has 0 fully saturated rings. The second kappa shape index (κ2) is 6.43. The normalized spacial score (nSPS) is 12.3. The van der Waals surface area contributed by atoms with Crippen molar-refractivity contribution >= 4 is 15.9 Å². The molecule has 0 aliphatic rings. The van der Waals surface area contributed by atoms with Crippen molar-refractivity contribution in [3.05, 3.63) is 53.6 Å². The minimum absolute atomic E-state index is 0.0180. The lowest BCUT2D eigenvalue weighted by atomic mass is 9.96. The van der Waals surface area contributed by atoms with Gasteiger partial charge in [-0.05, 0) is 34.9 Å². The van der Waals surface area contributed by atoms with Gasteiger partial charge >= 0.3 is 12.5 Å². The minimum Gasteiger partial charge on any atom is -0.406 e. The molecule has 0 radical (unpaired) electrons. The number of alkyl halides is 7. The molecule has 0 bridgehead atoms. The van der Waals surface area contributed by atoms with Crippen LogP contribution in [0.25, 0.3) is 11.1 Å². The summed E-state index contributed by atoms with van der Waals surface area (Å²) in [4.78, 5) is 0. The smallest absolute Gasteiger partial charge is 0.406 e. The van der Waals surface area contributed by atoms with Crippen molar-refractivity contribution in [3.63, 3.8) is 0 Å². The summed E-state index contributed by atoms with van der Waals surface area (Å²) in [5.41, 5.74) is -0.123. The fourth-order valence-electron chi connectivity index (χ4n) is 2.10. The van der Waals surface area contributed by atoms with Crippen molar-refractivity contribution < 1.29 is 31.1 Å². The van der Waals surface area contributed by atoms with Crippen LogP contribution in [0, 0.1) is 0 Å². The molecule has 23 heavy (non-hydrogen) atoms. The van der Waals surface area contributed by atoms with E-state index >= 15 is 0 Å². The van der Waals surface area contributed by atoms with E-state index in [-0.39, 0.29) is 16.5 Å². The average Bonchev–Trinajstić information content (AvgIpc) is 2.44. The van der Waals surface area contributed by atoms with E-state index in [9.17, 15) is 26.3 Å². The van der Waals surface area contributed by atoms with Crippen LogP contribution in [-0.4, -0.2) is 6.36 Å². The van der Waals surface area contributed by atoms with Gasteiger partial charge in [0.15, 0.2) is 0 Å². The Balaban J connectivity index is 2.43. The topological polar surface area (TPSA) is 9.23 Å². The average molecular weight is 399 g/mol. The molecule has 0 aromatic heterocycles. The first kappa shape index (κ1) is 17.7. The standard InChI is InChI=1S/C15H9BrF6O/c16-8-12-11(2-1-3-13(12)14(17,18)19)9-4-6-10(7-5-9)23-15(20,21)22/h1-7H,8H2. The van der Waals surface area contributed by atoms with Crippen molar-refractivity contribution in [3.8, 4) is 16.9 Å². The first-order valence-corrected chi connectivity index (χ1v) is 7.35. The van der Waals surface area contributed by atoms with E-state index in [1.54, 1.807) is 0 Å². The van der Waals surface area contributed by atoms with Crippen LogP contribution in [0.5, 0.6) is 5.75 Å². The molecule has 8 heteroatoms. The molecular weight excluding hydrogens is 390 g/mol. The van der Waals surface area contributed by atoms with Crippen LogP contribution in [0.15, 0.2) is 42.5 Å². The Kier molecular flexibility index (Phi) is 4.93. The molecule has 2 rings (SSSR count). The third-order valence-electron chi connectivity index (χ3n) is 3.01. The van der Waals surface area contributed by atoms with Crippen LogP contribution in [0.3, 0.4) is 0 Å². The van der Waals surface area contributed by atoms with E-state index in [4.69, 9.17) is 0 Å². The van der Waals surface area contributed by atoms with Crippen molar-refractivity contribution in [2.45, 2.75) is 17.9 Å². The van der Waals surface area contributed by atoms with Gasteiger partial charge in [0.2, 0.25) is 0 Å². The number of benzene rings is 2. The predicted molar refractivity (Wildman–Crippen MR) is 76.2 cm³/mol. The molecule has 1 nitrogen and oxygen atoms in total. The molecular formula is C15H9BrF6O. The molecule has 0 unspecified atom stereocenters. The molecule has 124 valence electrons. The van der Waals surface area contributed by atoms with Gasteiger partial charge in [0.25, 0.3) is 0 Å². The van der Waals surface area contributed by atoms with E-state index in [0.717, 1.165) is 18.2 Å². The zero-order valence-electron chi connectivity index (χ0n) is 11.3. The zero-order chi connectivity index (χ0) is 17.3. The number of hydrogen-bond donors (Lipinski definition) is 0. The third kappa shape index (κ3) is 4.40. The highest BCUT2D eigenvalue weighted by atomic mass is 79.9. The van der Waals surface area contributed by atoms with Gasteiger partial charge in [-0.3, -0.25) is 0 Å². The summed E-state index contributed by atoms with van der Waals surface area (Å²) < 4.78 is 79.1. The molecule has 0 saturated heterocycles. The number of hydrogen-bond acceptors (Lipinski definition) is 1. The summed E-state index contributed by atoms with van der Waals surface area (Å²) in [5.74, 6) is -0.436. The van der Waals surface area contributed by atoms with E-state index in [0.29, 0.717) is 5.56 Å². The van der Waals surface area contributed by atoms with Crippen LogP contribution in [0.2, 0.25) is 0 Å². The number of halogens is 7.